The molecule has 0 bridgehead atoms. The smallest absolute Gasteiger partial charge is 0.115 e. The second kappa shape index (κ2) is 6.61. The second-order valence-electron chi connectivity index (χ2n) is 6.02. The molecule has 0 aliphatic carbocycles. The largest absolute Gasteiger partial charge is 0.508 e. The van der Waals surface area contributed by atoms with E-state index in [2.05, 4.69) is 17.0 Å². The molecule has 4 heteroatoms. The highest BCUT2D eigenvalue weighted by Crippen LogP contribution is 2.41. The number of nitrogens with zero attached hydrogens (tertiary/aromatic N) is 2. The van der Waals surface area contributed by atoms with E-state index in [0.717, 1.165) is 28.7 Å². The van der Waals surface area contributed by atoms with Gasteiger partial charge in [0.1, 0.15) is 11.6 Å². The molecule has 25 heavy (non-hydrogen) atoms. The van der Waals surface area contributed by atoms with Crippen LogP contribution in [0.3, 0.4) is 0 Å². The zero-order valence-corrected chi connectivity index (χ0v) is 14.3. The lowest BCUT2D eigenvalue weighted by Gasteiger charge is -2.44. The average Bonchev–Trinajstić information content (AvgIpc) is 2.62. The first kappa shape index (κ1) is 15.7. The Labute approximate surface area is 151 Å². The van der Waals surface area contributed by atoms with Crippen LogP contribution in [0.5, 0.6) is 5.75 Å². The number of aromatic hydroxyl groups is 1. The van der Waals surface area contributed by atoms with Crippen LogP contribution >= 0.6 is 11.6 Å². The van der Waals surface area contributed by atoms with E-state index in [4.69, 9.17) is 16.6 Å². The Morgan fingerprint density at radius 3 is 2.24 bits per heavy atom. The number of amidine groups is 1. The SMILES string of the molecule is Oc1ccc(N2C(=Nc3ccccc3)CC2c2ccc(Cl)cc2)cc1. The lowest BCUT2D eigenvalue weighted by molar-refractivity contribution is 0.475. The molecule has 0 aromatic heterocycles. The van der Waals surface area contributed by atoms with E-state index in [1.165, 1.54) is 5.56 Å². The summed E-state index contributed by atoms with van der Waals surface area (Å²) in [4.78, 5) is 7.00. The van der Waals surface area contributed by atoms with Gasteiger partial charge in [-0.1, -0.05) is 41.9 Å². The normalized spacial score (nSPS) is 18.2. The molecule has 1 N–H and O–H groups in total. The molecule has 124 valence electrons. The molecule has 0 amide bonds. The van der Waals surface area contributed by atoms with E-state index in [1.54, 1.807) is 12.1 Å². The van der Waals surface area contributed by atoms with Crippen molar-refractivity contribution < 1.29 is 5.11 Å². The topological polar surface area (TPSA) is 35.8 Å². The zero-order valence-electron chi connectivity index (χ0n) is 13.5. The minimum Gasteiger partial charge on any atom is -0.508 e. The highest BCUT2D eigenvalue weighted by Gasteiger charge is 2.36. The number of anilines is 1. The Bertz CT molecular complexity index is 889. The lowest BCUT2D eigenvalue weighted by atomic mass is 9.92. The molecular formula is C21H17ClN2O. The maximum absolute atomic E-state index is 9.58. The van der Waals surface area contributed by atoms with Crippen LogP contribution < -0.4 is 4.90 Å². The molecule has 1 fully saturated rings. The molecule has 0 saturated carbocycles. The Balaban J connectivity index is 1.70. The monoisotopic (exact) mass is 348 g/mol. The number of hydrogen-bond acceptors (Lipinski definition) is 2. The van der Waals surface area contributed by atoms with E-state index in [-0.39, 0.29) is 11.8 Å². The standard InChI is InChI=1S/C21H17ClN2O/c22-16-8-6-15(7-9-16)20-14-21(23-17-4-2-1-3-5-17)24(20)18-10-12-19(25)13-11-18/h1-13,20,25H,14H2. The number of rotatable bonds is 3. The maximum Gasteiger partial charge on any atom is 0.115 e. The Kier molecular flexibility index (Phi) is 4.16. The van der Waals surface area contributed by atoms with Crippen molar-refractivity contribution in [1.29, 1.82) is 0 Å². The molecule has 1 heterocycles. The summed E-state index contributed by atoms with van der Waals surface area (Å²) in [6, 6.07) is 25.3. The van der Waals surface area contributed by atoms with Gasteiger partial charge in [-0.25, -0.2) is 4.99 Å². The van der Waals surface area contributed by atoms with Crippen molar-refractivity contribution in [2.75, 3.05) is 4.90 Å². The highest BCUT2D eigenvalue weighted by molar-refractivity contribution is 6.30. The van der Waals surface area contributed by atoms with Crippen molar-refractivity contribution in [2.45, 2.75) is 12.5 Å². The van der Waals surface area contributed by atoms with Crippen LogP contribution in [-0.4, -0.2) is 10.9 Å². The molecule has 4 rings (SSSR count). The maximum atomic E-state index is 9.58. The third-order valence-corrected chi connectivity index (χ3v) is 4.61. The third-order valence-electron chi connectivity index (χ3n) is 4.36. The highest BCUT2D eigenvalue weighted by atomic mass is 35.5. The predicted octanol–water partition coefficient (Wildman–Crippen LogP) is 5.73. The van der Waals surface area contributed by atoms with Gasteiger partial charge in [0.05, 0.1) is 11.7 Å². The molecule has 0 spiro atoms. The lowest BCUT2D eigenvalue weighted by Crippen LogP contribution is -2.46. The summed E-state index contributed by atoms with van der Waals surface area (Å²) in [5.74, 6) is 1.27. The van der Waals surface area contributed by atoms with Crippen molar-refractivity contribution in [3.8, 4) is 5.75 Å². The summed E-state index contributed by atoms with van der Waals surface area (Å²) in [6.07, 6.45) is 0.859. The van der Waals surface area contributed by atoms with Crippen LogP contribution in [0.25, 0.3) is 0 Å². The number of aliphatic imine (C=N–C) groups is 1. The quantitative estimate of drug-likeness (QED) is 0.656. The molecule has 3 aromatic carbocycles. The molecule has 1 unspecified atom stereocenters. The molecule has 3 aromatic rings. The number of halogens is 1. The Morgan fingerprint density at radius 2 is 1.56 bits per heavy atom. The predicted molar refractivity (Wildman–Crippen MR) is 103 cm³/mol. The number of phenolic OH excluding ortho intramolecular Hbond substituents is 1. The van der Waals surface area contributed by atoms with Crippen molar-refractivity contribution in [1.82, 2.24) is 0 Å². The fraction of sp³-hybridized carbons (Fsp3) is 0.0952. The molecule has 1 aliphatic heterocycles. The molecule has 1 atom stereocenters. The van der Waals surface area contributed by atoms with Gasteiger partial charge in [0.15, 0.2) is 0 Å². The summed E-state index contributed by atoms with van der Waals surface area (Å²) >= 11 is 6.02. The van der Waals surface area contributed by atoms with Gasteiger partial charge in [-0.3, -0.25) is 0 Å². The van der Waals surface area contributed by atoms with Crippen molar-refractivity contribution in [2.24, 2.45) is 4.99 Å². The van der Waals surface area contributed by atoms with Gasteiger partial charge in [-0.2, -0.15) is 0 Å². The summed E-state index contributed by atoms with van der Waals surface area (Å²) in [5.41, 5.74) is 3.15. The minimum absolute atomic E-state index is 0.212. The average molecular weight is 349 g/mol. The first-order valence-electron chi connectivity index (χ1n) is 8.17. The van der Waals surface area contributed by atoms with Gasteiger partial charge < -0.3 is 10.0 Å². The Morgan fingerprint density at radius 1 is 0.880 bits per heavy atom. The van der Waals surface area contributed by atoms with Crippen molar-refractivity contribution >= 4 is 28.8 Å². The van der Waals surface area contributed by atoms with Crippen molar-refractivity contribution in [3.63, 3.8) is 0 Å². The van der Waals surface area contributed by atoms with Gasteiger partial charge in [-0.15, -0.1) is 0 Å². The van der Waals surface area contributed by atoms with Gasteiger partial charge in [0, 0.05) is 17.1 Å². The minimum atomic E-state index is 0.212. The van der Waals surface area contributed by atoms with Gasteiger partial charge in [0.2, 0.25) is 0 Å². The Hall–Kier alpha value is -2.78. The summed E-state index contributed by atoms with van der Waals surface area (Å²) in [7, 11) is 0. The van der Waals surface area contributed by atoms with Crippen LogP contribution in [0.2, 0.25) is 5.02 Å². The van der Waals surface area contributed by atoms with E-state index < -0.39 is 0 Å². The van der Waals surface area contributed by atoms with E-state index in [9.17, 15) is 5.11 Å². The molecule has 1 saturated heterocycles. The first-order chi connectivity index (χ1) is 12.2. The number of benzene rings is 3. The number of para-hydroxylation sites is 1. The van der Waals surface area contributed by atoms with Gasteiger partial charge in [-0.05, 0) is 54.1 Å². The molecule has 1 aliphatic rings. The van der Waals surface area contributed by atoms with Crippen molar-refractivity contribution in [3.05, 3.63) is 89.4 Å². The van der Waals surface area contributed by atoms with Crippen LogP contribution in [0, 0.1) is 0 Å². The van der Waals surface area contributed by atoms with Crippen LogP contribution in [-0.2, 0) is 0 Å². The number of hydrogen-bond donors (Lipinski definition) is 1. The summed E-state index contributed by atoms with van der Waals surface area (Å²) < 4.78 is 0. The van der Waals surface area contributed by atoms with E-state index in [0.29, 0.717) is 0 Å². The molecule has 3 nitrogen and oxygen atoms in total. The van der Waals surface area contributed by atoms with Crippen LogP contribution in [0.1, 0.15) is 18.0 Å². The fourth-order valence-electron chi connectivity index (χ4n) is 3.08. The fourth-order valence-corrected chi connectivity index (χ4v) is 3.20. The van der Waals surface area contributed by atoms with E-state index >= 15 is 0 Å². The summed E-state index contributed by atoms with van der Waals surface area (Å²) in [5, 5.41) is 10.3. The van der Waals surface area contributed by atoms with Crippen LogP contribution in [0.4, 0.5) is 11.4 Å². The molecular weight excluding hydrogens is 332 g/mol. The number of phenols is 1. The van der Waals surface area contributed by atoms with E-state index in [1.807, 2.05) is 54.6 Å². The van der Waals surface area contributed by atoms with Gasteiger partial charge >= 0.3 is 0 Å². The summed E-state index contributed by atoms with van der Waals surface area (Å²) in [6.45, 7) is 0. The second-order valence-corrected chi connectivity index (χ2v) is 6.46. The van der Waals surface area contributed by atoms with Crippen LogP contribution in [0.15, 0.2) is 83.9 Å². The zero-order chi connectivity index (χ0) is 17.2. The van der Waals surface area contributed by atoms with Gasteiger partial charge in [0.25, 0.3) is 0 Å². The first-order valence-corrected chi connectivity index (χ1v) is 8.55. The third kappa shape index (κ3) is 3.24. The molecule has 0 radical (unpaired) electrons.